The number of aromatic amines is 1. The predicted molar refractivity (Wildman–Crippen MR) is 95.0 cm³/mol. The number of ether oxygens (including phenoxy) is 1. The highest BCUT2D eigenvalue weighted by molar-refractivity contribution is 5.70. The number of aryl methyl sites for hydroxylation is 2. The lowest BCUT2D eigenvalue weighted by molar-refractivity contribution is 0.415. The van der Waals surface area contributed by atoms with Crippen molar-refractivity contribution in [1.82, 2.24) is 10.2 Å². The highest BCUT2D eigenvalue weighted by Gasteiger charge is 2.10. The molecule has 0 bridgehead atoms. The van der Waals surface area contributed by atoms with Gasteiger partial charge in [0.15, 0.2) is 11.5 Å². The Kier molecular flexibility index (Phi) is 4.56. The molecular weight excluding hydrogens is 302 g/mol. The van der Waals surface area contributed by atoms with Crippen molar-refractivity contribution >= 4 is 22.9 Å². The molecule has 0 aliphatic heterocycles. The molecular formula is C18H19N5O. The first-order chi connectivity index (χ1) is 11.7. The van der Waals surface area contributed by atoms with Crippen LogP contribution < -0.4 is 10.1 Å². The van der Waals surface area contributed by atoms with Gasteiger partial charge in [-0.25, -0.2) is 0 Å². The topological polar surface area (TPSA) is 74.7 Å². The molecule has 0 atom stereocenters. The number of azo groups is 1. The Labute approximate surface area is 140 Å². The van der Waals surface area contributed by atoms with Gasteiger partial charge < -0.3 is 10.1 Å². The van der Waals surface area contributed by atoms with E-state index in [9.17, 15) is 0 Å². The molecule has 3 aromatic rings. The summed E-state index contributed by atoms with van der Waals surface area (Å²) in [6, 6.07) is 15.5. The van der Waals surface area contributed by atoms with Crippen LogP contribution in [0, 0.1) is 13.8 Å². The number of anilines is 2. The van der Waals surface area contributed by atoms with Crippen molar-refractivity contribution in [2.45, 2.75) is 13.8 Å². The van der Waals surface area contributed by atoms with Crippen LogP contribution in [-0.2, 0) is 0 Å². The van der Waals surface area contributed by atoms with E-state index >= 15 is 0 Å². The first kappa shape index (κ1) is 15.7. The van der Waals surface area contributed by atoms with Crippen molar-refractivity contribution in [3.05, 3.63) is 59.8 Å². The fourth-order valence-corrected chi connectivity index (χ4v) is 2.16. The van der Waals surface area contributed by atoms with Crippen molar-refractivity contribution in [2.24, 2.45) is 10.2 Å². The zero-order valence-electron chi connectivity index (χ0n) is 13.9. The van der Waals surface area contributed by atoms with E-state index in [0.717, 1.165) is 22.8 Å². The number of aromatic nitrogens is 2. The van der Waals surface area contributed by atoms with Crippen LogP contribution in [0.15, 0.2) is 58.8 Å². The van der Waals surface area contributed by atoms with Gasteiger partial charge in [-0.3, -0.25) is 5.10 Å². The Hall–Kier alpha value is -3.15. The largest absolute Gasteiger partial charge is 0.497 e. The maximum atomic E-state index is 5.16. The fraction of sp³-hybridized carbons (Fsp3) is 0.167. The van der Waals surface area contributed by atoms with E-state index < -0.39 is 0 Å². The lowest BCUT2D eigenvalue weighted by Gasteiger charge is -2.05. The second kappa shape index (κ2) is 6.95. The Morgan fingerprint density at radius 2 is 1.67 bits per heavy atom. The van der Waals surface area contributed by atoms with E-state index in [1.165, 1.54) is 5.56 Å². The molecule has 6 nitrogen and oxygen atoms in total. The van der Waals surface area contributed by atoms with Crippen LogP contribution in [0.2, 0.25) is 0 Å². The summed E-state index contributed by atoms with van der Waals surface area (Å²) in [4.78, 5) is 0. The van der Waals surface area contributed by atoms with Crippen LogP contribution in [0.3, 0.4) is 0 Å². The first-order valence-electron chi connectivity index (χ1n) is 7.60. The Balaban J connectivity index is 1.81. The van der Waals surface area contributed by atoms with Crippen LogP contribution in [0.5, 0.6) is 5.75 Å². The highest BCUT2D eigenvalue weighted by atomic mass is 16.5. The number of nitrogens with one attached hydrogen (secondary N) is 2. The van der Waals surface area contributed by atoms with E-state index in [1.54, 1.807) is 7.11 Å². The average Bonchev–Trinajstić information content (AvgIpc) is 2.95. The molecule has 0 aliphatic carbocycles. The predicted octanol–water partition coefficient (Wildman–Crippen LogP) is 5.19. The molecule has 1 aromatic heterocycles. The van der Waals surface area contributed by atoms with E-state index in [4.69, 9.17) is 4.74 Å². The minimum absolute atomic E-state index is 0.633. The highest BCUT2D eigenvalue weighted by Crippen LogP contribution is 2.31. The lowest BCUT2D eigenvalue weighted by atomic mass is 10.2. The second-order valence-corrected chi connectivity index (χ2v) is 5.43. The van der Waals surface area contributed by atoms with Gasteiger partial charge in [-0.15, -0.1) is 5.11 Å². The maximum Gasteiger partial charge on any atom is 0.180 e. The van der Waals surface area contributed by atoms with E-state index in [-0.39, 0.29) is 0 Å². The van der Waals surface area contributed by atoms with Gasteiger partial charge in [-0.05, 0) is 50.2 Å². The van der Waals surface area contributed by atoms with Gasteiger partial charge in [0.25, 0.3) is 0 Å². The molecule has 0 saturated carbocycles. The molecule has 0 fully saturated rings. The summed E-state index contributed by atoms with van der Waals surface area (Å²) in [6.45, 7) is 3.95. The molecule has 0 aliphatic rings. The molecule has 122 valence electrons. The Morgan fingerprint density at radius 3 is 2.33 bits per heavy atom. The Morgan fingerprint density at radius 1 is 0.958 bits per heavy atom. The number of benzene rings is 2. The molecule has 24 heavy (non-hydrogen) atoms. The summed E-state index contributed by atoms with van der Waals surface area (Å²) in [6.07, 6.45) is 0. The molecule has 2 N–H and O–H groups in total. The number of nitrogens with zero attached hydrogens (tertiary/aromatic N) is 3. The van der Waals surface area contributed by atoms with Gasteiger partial charge >= 0.3 is 0 Å². The molecule has 2 aromatic carbocycles. The zero-order chi connectivity index (χ0) is 16.9. The number of methoxy groups -OCH3 is 1. The Bertz CT molecular complexity index is 835. The van der Waals surface area contributed by atoms with Crippen LogP contribution in [0.4, 0.5) is 22.9 Å². The SMILES string of the molecule is COc1ccc(Nc2n[nH]c(C)c2N=Nc2ccc(C)cc2)cc1. The molecule has 3 rings (SSSR count). The minimum Gasteiger partial charge on any atom is -0.497 e. The monoisotopic (exact) mass is 321 g/mol. The molecule has 0 unspecified atom stereocenters. The van der Waals surface area contributed by atoms with E-state index in [1.807, 2.05) is 62.4 Å². The van der Waals surface area contributed by atoms with Crippen LogP contribution in [0.25, 0.3) is 0 Å². The first-order valence-corrected chi connectivity index (χ1v) is 7.60. The third-order valence-corrected chi connectivity index (χ3v) is 3.57. The van der Waals surface area contributed by atoms with Crippen molar-refractivity contribution < 1.29 is 4.74 Å². The molecule has 0 spiro atoms. The van der Waals surface area contributed by atoms with Crippen LogP contribution in [0.1, 0.15) is 11.3 Å². The molecule has 6 heteroatoms. The number of hydrogen-bond acceptors (Lipinski definition) is 5. The third kappa shape index (κ3) is 3.60. The lowest BCUT2D eigenvalue weighted by Crippen LogP contribution is -1.91. The van der Waals surface area contributed by atoms with Gasteiger partial charge in [-0.1, -0.05) is 17.7 Å². The maximum absolute atomic E-state index is 5.16. The number of H-pyrrole nitrogens is 1. The van der Waals surface area contributed by atoms with E-state index in [2.05, 4.69) is 25.7 Å². The number of rotatable bonds is 5. The minimum atomic E-state index is 0.633. The third-order valence-electron chi connectivity index (χ3n) is 3.57. The van der Waals surface area contributed by atoms with Gasteiger partial charge in [-0.2, -0.15) is 10.2 Å². The smallest absolute Gasteiger partial charge is 0.180 e. The van der Waals surface area contributed by atoms with Crippen molar-refractivity contribution in [3.8, 4) is 5.75 Å². The summed E-state index contributed by atoms with van der Waals surface area (Å²) in [7, 11) is 1.64. The summed E-state index contributed by atoms with van der Waals surface area (Å²) >= 11 is 0. The van der Waals surface area contributed by atoms with Crippen LogP contribution in [-0.4, -0.2) is 17.3 Å². The van der Waals surface area contributed by atoms with E-state index in [0.29, 0.717) is 11.5 Å². The molecule has 0 saturated heterocycles. The molecule has 0 radical (unpaired) electrons. The summed E-state index contributed by atoms with van der Waals surface area (Å²) in [5, 5.41) is 19.1. The van der Waals surface area contributed by atoms with Crippen molar-refractivity contribution in [1.29, 1.82) is 0 Å². The number of hydrogen-bond donors (Lipinski definition) is 2. The van der Waals surface area contributed by atoms with Crippen LogP contribution >= 0.6 is 0 Å². The van der Waals surface area contributed by atoms with Gasteiger partial charge in [0.1, 0.15) is 5.75 Å². The fourth-order valence-electron chi connectivity index (χ4n) is 2.16. The average molecular weight is 321 g/mol. The van der Waals surface area contributed by atoms with Gasteiger partial charge in [0.05, 0.1) is 18.5 Å². The normalized spacial score (nSPS) is 11.0. The van der Waals surface area contributed by atoms with Crippen molar-refractivity contribution in [3.63, 3.8) is 0 Å². The second-order valence-electron chi connectivity index (χ2n) is 5.43. The summed E-state index contributed by atoms with van der Waals surface area (Å²) in [5.41, 5.74) is 4.43. The molecule has 0 amide bonds. The van der Waals surface area contributed by atoms with Gasteiger partial charge in [0, 0.05) is 5.69 Å². The quantitative estimate of drug-likeness (QED) is 0.635. The summed E-state index contributed by atoms with van der Waals surface area (Å²) < 4.78 is 5.16. The summed E-state index contributed by atoms with van der Waals surface area (Å²) in [5.74, 6) is 1.44. The standard InChI is InChI=1S/C18H19N5O/c1-12-4-6-15(7-5-12)21-22-17-13(2)20-23-18(17)19-14-8-10-16(24-3)11-9-14/h4-11H,1-3H3,(H2,19,20,23). The molecule has 1 heterocycles. The zero-order valence-corrected chi connectivity index (χ0v) is 13.9. The van der Waals surface area contributed by atoms with Gasteiger partial charge in [0.2, 0.25) is 0 Å². The van der Waals surface area contributed by atoms with Crippen molar-refractivity contribution in [2.75, 3.05) is 12.4 Å².